The van der Waals surface area contributed by atoms with Gasteiger partial charge in [0.1, 0.15) is 0 Å². The average molecular weight is 296 g/mol. The van der Waals surface area contributed by atoms with E-state index < -0.39 is 10.0 Å². The van der Waals surface area contributed by atoms with Crippen LogP contribution in [0.5, 0.6) is 0 Å². The molecule has 1 atom stereocenters. The predicted octanol–water partition coefficient (Wildman–Crippen LogP) is 1.31. The minimum absolute atomic E-state index is 0.0561. The maximum atomic E-state index is 12.0. The van der Waals surface area contributed by atoms with Crippen molar-refractivity contribution in [1.82, 2.24) is 4.72 Å². The van der Waals surface area contributed by atoms with Gasteiger partial charge < -0.3 is 10.6 Å². The minimum atomic E-state index is -3.52. The molecule has 1 aromatic rings. The fourth-order valence-corrected chi connectivity index (χ4v) is 2.84. The van der Waals surface area contributed by atoms with Gasteiger partial charge >= 0.3 is 0 Å². The number of nitrogens with zero attached hydrogens (tertiary/aromatic N) is 2. The summed E-state index contributed by atoms with van der Waals surface area (Å²) < 4.78 is 26.4. The van der Waals surface area contributed by atoms with Gasteiger partial charge in [-0.25, -0.2) is 13.1 Å². The van der Waals surface area contributed by atoms with Gasteiger partial charge in [-0.1, -0.05) is 6.92 Å². The molecule has 0 saturated carbocycles. The number of nitrogen functional groups attached to an aromatic ring is 1. The summed E-state index contributed by atoms with van der Waals surface area (Å²) in [7, 11) is -1.73. The number of nitrogens with two attached hydrogens (primary N) is 1. The van der Waals surface area contributed by atoms with E-state index in [1.54, 1.807) is 20.0 Å². The van der Waals surface area contributed by atoms with Gasteiger partial charge in [-0.05, 0) is 25.1 Å². The highest BCUT2D eigenvalue weighted by Gasteiger charge is 2.18. The Morgan fingerprint density at radius 1 is 1.50 bits per heavy atom. The minimum Gasteiger partial charge on any atom is -0.397 e. The Kier molecular flexibility index (Phi) is 5.36. The molecule has 0 heterocycles. The predicted molar refractivity (Wildman–Crippen MR) is 79.8 cm³/mol. The summed E-state index contributed by atoms with van der Waals surface area (Å²) in [4.78, 5) is 1.98. The van der Waals surface area contributed by atoms with Crippen molar-refractivity contribution < 1.29 is 8.42 Å². The lowest BCUT2D eigenvalue weighted by molar-refractivity contribution is 0.584. The first-order valence-corrected chi connectivity index (χ1v) is 7.80. The van der Waals surface area contributed by atoms with E-state index in [0.717, 1.165) is 0 Å². The zero-order valence-corrected chi connectivity index (χ0v) is 12.7. The largest absolute Gasteiger partial charge is 0.397 e. The molecular weight excluding hydrogens is 276 g/mol. The Balaban J connectivity index is 3.19. The van der Waals surface area contributed by atoms with Crippen LogP contribution in [0.25, 0.3) is 0 Å². The second-order valence-electron chi connectivity index (χ2n) is 4.54. The van der Waals surface area contributed by atoms with Crippen LogP contribution in [0.4, 0.5) is 11.4 Å². The van der Waals surface area contributed by atoms with Gasteiger partial charge in [-0.3, -0.25) is 0 Å². The van der Waals surface area contributed by atoms with Crippen molar-refractivity contribution >= 4 is 21.4 Å². The molecule has 7 heteroatoms. The Hall–Kier alpha value is -1.78. The summed E-state index contributed by atoms with van der Waals surface area (Å²) in [5.74, 6) is 0. The molecule has 1 aromatic carbocycles. The summed E-state index contributed by atoms with van der Waals surface area (Å²) in [6.45, 7) is 3.92. The summed E-state index contributed by atoms with van der Waals surface area (Å²) >= 11 is 0. The molecule has 0 spiro atoms. The molecule has 0 aliphatic heterocycles. The zero-order valence-electron chi connectivity index (χ0n) is 11.9. The maximum Gasteiger partial charge on any atom is 0.240 e. The molecule has 0 fully saturated rings. The van der Waals surface area contributed by atoms with Gasteiger partial charge in [0, 0.05) is 19.6 Å². The maximum absolute atomic E-state index is 12.0. The van der Waals surface area contributed by atoms with Crippen LogP contribution in [0.2, 0.25) is 0 Å². The third-order valence-electron chi connectivity index (χ3n) is 3.07. The van der Waals surface area contributed by atoms with E-state index in [4.69, 9.17) is 11.0 Å². The van der Waals surface area contributed by atoms with Gasteiger partial charge in [0.15, 0.2) is 0 Å². The SMILES string of the molecule is CCNS(=O)(=O)c1ccc(N)c(N(C)C(C)CC#N)c1. The molecule has 6 nitrogen and oxygen atoms in total. The summed E-state index contributed by atoms with van der Waals surface area (Å²) in [5, 5.41) is 8.74. The van der Waals surface area contributed by atoms with Crippen molar-refractivity contribution in [3.8, 4) is 6.07 Å². The third kappa shape index (κ3) is 3.62. The van der Waals surface area contributed by atoms with Gasteiger partial charge in [0.2, 0.25) is 10.0 Å². The van der Waals surface area contributed by atoms with Gasteiger partial charge in [-0.15, -0.1) is 0 Å². The lowest BCUT2D eigenvalue weighted by Crippen LogP contribution is -2.29. The highest BCUT2D eigenvalue weighted by Crippen LogP contribution is 2.27. The summed E-state index contributed by atoms with van der Waals surface area (Å²) in [5.41, 5.74) is 6.98. The Morgan fingerprint density at radius 2 is 2.15 bits per heavy atom. The molecule has 3 N–H and O–H groups in total. The van der Waals surface area contributed by atoms with Crippen molar-refractivity contribution in [1.29, 1.82) is 5.26 Å². The topological polar surface area (TPSA) is 99.2 Å². The standard InChI is InChI=1S/C13H20N4O2S/c1-4-16-20(18,19)11-5-6-12(15)13(9-11)17(3)10(2)7-8-14/h5-6,9-10,16H,4,7,15H2,1-3H3. The van der Waals surface area contributed by atoms with Crippen LogP contribution in [0, 0.1) is 11.3 Å². The third-order valence-corrected chi connectivity index (χ3v) is 4.62. The molecule has 0 aliphatic carbocycles. The van der Waals surface area contributed by atoms with E-state index >= 15 is 0 Å². The summed E-state index contributed by atoms with van der Waals surface area (Å²) in [6, 6.07) is 6.60. The Morgan fingerprint density at radius 3 is 2.70 bits per heavy atom. The van der Waals surface area contributed by atoms with Crippen molar-refractivity contribution in [3.63, 3.8) is 0 Å². The number of rotatable bonds is 6. The van der Waals surface area contributed by atoms with E-state index in [9.17, 15) is 8.42 Å². The van der Waals surface area contributed by atoms with E-state index in [-0.39, 0.29) is 10.9 Å². The second kappa shape index (κ2) is 6.59. The van der Waals surface area contributed by atoms with Gasteiger partial charge in [0.25, 0.3) is 0 Å². The van der Waals surface area contributed by atoms with Crippen molar-refractivity contribution in [3.05, 3.63) is 18.2 Å². The Labute approximate surface area is 120 Å². The first-order chi connectivity index (χ1) is 9.33. The van der Waals surface area contributed by atoms with E-state index in [2.05, 4.69) is 10.8 Å². The lowest BCUT2D eigenvalue weighted by atomic mass is 10.2. The number of benzene rings is 1. The molecule has 1 unspecified atom stereocenters. The molecule has 0 radical (unpaired) electrons. The molecule has 0 saturated heterocycles. The number of anilines is 2. The fourth-order valence-electron chi connectivity index (χ4n) is 1.78. The number of nitrogens with one attached hydrogen (secondary N) is 1. The molecule has 110 valence electrons. The zero-order chi connectivity index (χ0) is 15.3. The lowest BCUT2D eigenvalue weighted by Gasteiger charge is -2.27. The van der Waals surface area contributed by atoms with Crippen LogP contribution < -0.4 is 15.4 Å². The average Bonchev–Trinajstić information content (AvgIpc) is 2.38. The van der Waals surface area contributed by atoms with E-state index in [1.807, 2.05) is 11.8 Å². The number of hydrogen-bond donors (Lipinski definition) is 2. The Bertz CT molecular complexity index is 607. The van der Waals surface area contributed by atoms with Crippen LogP contribution in [0.15, 0.2) is 23.1 Å². The molecule has 0 bridgehead atoms. The molecule has 0 aliphatic rings. The van der Waals surface area contributed by atoms with Gasteiger partial charge in [-0.2, -0.15) is 5.26 Å². The van der Waals surface area contributed by atoms with Crippen molar-refractivity contribution in [2.75, 3.05) is 24.2 Å². The fraction of sp³-hybridized carbons (Fsp3) is 0.462. The quantitative estimate of drug-likeness (QED) is 0.771. The van der Waals surface area contributed by atoms with Crippen molar-refractivity contribution in [2.24, 2.45) is 0 Å². The monoisotopic (exact) mass is 296 g/mol. The highest BCUT2D eigenvalue weighted by atomic mass is 32.2. The first-order valence-electron chi connectivity index (χ1n) is 6.32. The van der Waals surface area contributed by atoms with Crippen LogP contribution in [0.1, 0.15) is 20.3 Å². The normalized spacial score (nSPS) is 12.7. The molecule has 0 amide bonds. The highest BCUT2D eigenvalue weighted by molar-refractivity contribution is 7.89. The van der Waals surface area contributed by atoms with E-state index in [1.165, 1.54) is 12.1 Å². The smallest absolute Gasteiger partial charge is 0.240 e. The van der Waals surface area contributed by atoms with Crippen LogP contribution in [-0.4, -0.2) is 28.1 Å². The molecule has 1 rings (SSSR count). The molecular formula is C13H20N4O2S. The second-order valence-corrected chi connectivity index (χ2v) is 6.31. The molecule has 0 aromatic heterocycles. The van der Waals surface area contributed by atoms with Gasteiger partial charge in [0.05, 0.1) is 28.8 Å². The van der Waals surface area contributed by atoms with Crippen LogP contribution in [-0.2, 0) is 10.0 Å². The molecule has 20 heavy (non-hydrogen) atoms. The van der Waals surface area contributed by atoms with E-state index in [0.29, 0.717) is 24.3 Å². The number of hydrogen-bond acceptors (Lipinski definition) is 5. The number of sulfonamides is 1. The first kappa shape index (κ1) is 16.3. The van der Waals surface area contributed by atoms with Crippen molar-refractivity contribution in [2.45, 2.75) is 31.2 Å². The number of nitriles is 1. The van der Waals surface area contributed by atoms with Crippen LogP contribution in [0.3, 0.4) is 0 Å². The van der Waals surface area contributed by atoms with Crippen LogP contribution >= 0.6 is 0 Å². The summed E-state index contributed by atoms with van der Waals surface area (Å²) in [6.07, 6.45) is 0.333.